The summed E-state index contributed by atoms with van der Waals surface area (Å²) in [4.78, 5) is 19.6. The molecule has 0 bridgehead atoms. The summed E-state index contributed by atoms with van der Waals surface area (Å²) in [7, 11) is 0. The van der Waals surface area contributed by atoms with E-state index in [-0.39, 0.29) is 23.2 Å². The Kier molecular flexibility index (Phi) is 6.06. The van der Waals surface area contributed by atoms with Crippen molar-refractivity contribution in [2.24, 2.45) is 11.8 Å². The van der Waals surface area contributed by atoms with Gasteiger partial charge in [0.1, 0.15) is 5.60 Å². The molecule has 2 saturated heterocycles. The van der Waals surface area contributed by atoms with Crippen LogP contribution in [0.3, 0.4) is 0 Å². The van der Waals surface area contributed by atoms with E-state index in [1.807, 2.05) is 0 Å². The van der Waals surface area contributed by atoms with Crippen molar-refractivity contribution in [1.29, 1.82) is 0 Å². The minimum absolute atomic E-state index is 0.0299. The predicted octanol–water partition coefficient (Wildman–Crippen LogP) is 4.34. The monoisotopic (exact) mass is 437 g/mol. The first kappa shape index (κ1) is 19.6. The Morgan fingerprint density at radius 2 is 1.70 bits per heavy atom. The second-order valence-electron chi connectivity index (χ2n) is 9.10. The van der Waals surface area contributed by atoms with E-state index in [1.54, 1.807) is 0 Å². The van der Waals surface area contributed by atoms with Crippen LogP contribution in [0.5, 0.6) is 0 Å². The SMILES string of the molecule is [N-]=[N+]=C(C(=O)O[C@@]1(C2CCCCC2)CN2CCCC[C@H]21)C1CCC(Br)CC1. The molecule has 4 fully saturated rings. The number of carbonyl (C=O) groups is 1. The molecule has 2 aliphatic heterocycles. The van der Waals surface area contributed by atoms with Gasteiger partial charge in [-0.25, -0.2) is 4.79 Å². The minimum Gasteiger partial charge on any atom is -0.447 e. The van der Waals surface area contributed by atoms with Gasteiger partial charge in [-0.05, 0) is 57.9 Å². The Morgan fingerprint density at radius 1 is 1.00 bits per heavy atom. The number of fused-ring (bicyclic) bond motifs is 1. The quantitative estimate of drug-likeness (QED) is 0.216. The summed E-state index contributed by atoms with van der Waals surface area (Å²) in [6.45, 7) is 2.01. The van der Waals surface area contributed by atoms with Crippen LogP contribution >= 0.6 is 15.9 Å². The van der Waals surface area contributed by atoms with Gasteiger partial charge in [0.05, 0.1) is 12.0 Å². The zero-order valence-electron chi connectivity index (χ0n) is 16.2. The van der Waals surface area contributed by atoms with Crippen LogP contribution in [0.25, 0.3) is 5.53 Å². The molecular formula is C21H32BrN3O2. The summed E-state index contributed by atoms with van der Waals surface area (Å²) in [5, 5.41) is 0. The summed E-state index contributed by atoms with van der Waals surface area (Å²) in [5.74, 6) is 0.140. The summed E-state index contributed by atoms with van der Waals surface area (Å²) in [6, 6.07) is 0.372. The number of carbonyl (C=O) groups excluding carboxylic acids is 1. The van der Waals surface area contributed by atoms with E-state index in [9.17, 15) is 10.3 Å². The molecule has 4 rings (SSSR count). The standard InChI is InChI=1S/C21H32BrN3O2/c22-17-11-9-15(10-12-17)19(24-23)20(26)27-21(16-6-2-1-3-7-16)14-25-13-5-4-8-18(21)25/h15-18H,1-14H2/t15?,17?,18-,21+/m0/s1. The van der Waals surface area contributed by atoms with Gasteiger partial charge in [-0.3, -0.25) is 4.90 Å². The van der Waals surface area contributed by atoms with Crippen molar-refractivity contribution in [3.63, 3.8) is 0 Å². The molecule has 0 spiro atoms. The fourth-order valence-corrected chi connectivity index (χ4v) is 6.59. The maximum atomic E-state index is 13.1. The zero-order chi connectivity index (χ0) is 18.9. The molecule has 150 valence electrons. The van der Waals surface area contributed by atoms with Gasteiger partial charge in [-0.2, -0.15) is 4.79 Å². The Balaban J connectivity index is 1.51. The van der Waals surface area contributed by atoms with E-state index in [0.717, 1.165) is 58.0 Å². The number of ether oxygens (including phenoxy) is 1. The first-order chi connectivity index (χ1) is 13.1. The second kappa shape index (κ2) is 8.34. The largest absolute Gasteiger partial charge is 0.447 e. The summed E-state index contributed by atoms with van der Waals surface area (Å²) in [6.07, 6.45) is 13.5. The smallest absolute Gasteiger partial charge is 0.417 e. The Labute approximate surface area is 170 Å². The van der Waals surface area contributed by atoms with Crippen molar-refractivity contribution >= 4 is 27.6 Å². The van der Waals surface area contributed by atoms with E-state index in [0.29, 0.717) is 16.8 Å². The van der Waals surface area contributed by atoms with E-state index < -0.39 is 0 Å². The zero-order valence-corrected chi connectivity index (χ0v) is 17.8. The van der Waals surface area contributed by atoms with E-state index in [4.69, 9.17) is 4.74 Å². The minimum atomic E-state index is -0.355. The molecule has 2 aliphatic carbocycles. The van der Waals surface area contributed by atoms with Gasteiger partial charge in [0.25, 0.3) is 0 Å². The first-order valence-electron chi connectivity index (χ1n) is 11.0. The second-order valence-corrected chi connectivity index (χ2v) is 10.4. The maximum Gasteiger partial charge on any atom is 0.417 e. The molecule has 0 radical (unpaired) electrons. The Hall–Kier alpha value is -0.710. The van der Waals surface area contributed by atoms with Gasteiger partial charge < -0.3 is 10.3 Å². The van der Waals surface area contributed by atoms with Gasteiger partial charge in [0, 0.05) is 17.3 Å². The first-order valence-corrected chi connectivity index (χ1v) is 11.9. The Bertz CT molecular complexity index is 597. The third kappa shape index (κ3) is 3.77. The van der Waals surface area contributed by atoms with Crippen LogP contribution in [-0.2, 0) is 9.53 Å². The van der Waals surface area contributed by atoms with Gasteiger partial charge >= 0.3 is 11.7 Å². The average molecular weight is 438 g/mol. The number of rotatable bonds is 4. The van der Waals surface area contributed by atoms with Crippen LogP contribution in [0.15, 0.2) is 0 Å². The highest BCUT2D eigenvalue weighted by Crippen LogP contribution is 2.48. The summed E-state index contributed by atoms with van der Waals surface area (Å²) >= 11 is 3.66. The molecular weight excluding hydrogens is 406 g/mol. The van der Waals surface area contributed by atoms with Crippen LogP contribution in [0.1, 0.15) is 77.0 Å². The average Bonchev–Trinajstić information content (AvgIpc) is 2.69. The maximum absolute atomic E-state index is 13.1. The molecule has 0 aromatic carbocycles. The van der Waals surface area contributed by atoms with Crippen molar-refractivity contribution in [3.8, 4) is 0 Å². The fourth-order valence-electron chi connectivity index (χ4n) is 6.06. The molecule has 0 aromatic rings. The lowest BCUT2D eigenvalue weighted by Gasteiger charge is -2.61. The lowest BCUT2D eigenvalue weighted by molar-refractivity contribution is -0.225. The normalized spacial score (nSPS) is 37.6. The topological polar surface area (TPSA) is 65.9 Å². The van der Waals surface area contributed by atoms with Crippen LogP contribution < -0.4 is 0 Å². The van der Waals surface area contributed by atoms with Crippen LogP contribution in [-0.4, -0.2) is 50.9 Å². The summed E-state index contributed by atoms with van der Waals surface area (Å²) in [5.41, 5.74) is 9.53. The van der Waals surface area contributed by atoms with Gasteiger partial charge in [-0.1, -0.05) is 41.6 Å². The number of piperidine rings is 1. The van der Waals surface area contributed by atoms with Crippen molar-refractivity contribution in [2.45, 2.75) is 93.5 Å². The fraction of sp³-hybridized carbons (Fsp3) is 0.905. The number of hydrogen-bond acceptors (Lipinski definition) is 3. The molecule has 2 saturated carbocycles. The molecule has 5 nitrogen and oxygen atoms in total. The molecule has 2 heterocycles. The third-order valence-electron chi connectivity index (χ3n) is 7.57. The highest BCUT2D eigenvalue weighted by Gasteiger charge is 2.60. The number of hydrogen-bond donors (Lipinski definition) is 0. The van der Waals surface area contributed by atoms with Crippen molar-refractivity contribution < 1.29 is 14.3 Å². The summed E-state index contributed by atoms with van der Waals surface area (Å²) < 4.78 is 6.33. The lowest BCUT2D eigenvalue weighted by Crippen LogP contribution is -2.75. The number of alkyl halides is 1. The van der Waals surface area contributed by atoms with Crippen LogP contribution in [0.4, 0.5) is 0 Å². The highest BCUT2D eigenvalue weighted by molar-refractivity contribution is 9.09. The predicted molar refractivity (Wildman–Crippen MR) is 108 cm³/mol. The molecule has 0 aromatic heterocycles. The van der Waals surface area contributed by atoms with E-state index in [2.05, 4.69) is 25.6 Å². The Morgan fingerprint density at radius 3 is 2.37 bits per heavy atom. The van der Waals surface area contributed by atoms with Crippen LogP contribution in [0.2, 0.25) is 0 Å². The molecule has 2 atom stereocenters. The van der Waals surface area contributed by atoms with Crippen molar-refractivity contribution in [2.75, 3.05) is 13.1 Å². The van der Waals surface area contributed by atoms with E-state index in [1.165, 1.54) is 32.1 Å². The van der Waals surface area contributed by atoms with Crippen LogP contribution in [0, 0.1) is 11.8 Å². The highest BCUT2D eigenvalue weighted by atomic mass is 79.9. The lowest BCUT2D eigenvalue weighted by atomic mass is 9.65. The molecule has 4 aliphatic rings. The van der Waals surface area contributed by atoms with Gasteiger partial charge in [0.2, 0.25) is 0 Å². The molecule has 6 heteroatoms. The number of nitrogens with zero attached hydrogens (tertiary/aromatic N) is 3. The molecule has 0 amide bonds. The molecule has 0 unspecified atom stereocenters. The van der Waals surface area contributed by atoms with Gasteiger partial charge in [-0.15, -0.1) is 0 Å². The number of esters is 1. The van der Waals surface area contributed by atoms with Crippen molar-refractivity contribution in [3.05, 3.63) is 5.53 Å². The third-order valence-corrected chi connectivity index (χ3v) is 8.48. The number of halogens is 1. The van der Waals surface area contributed by atoms with Gasteiger partial charge in [0.15, 0.2) is 0 Å². The molecule has 27 heavy (non-hydrogen) atoms. The van der Waals surface area contributed by atoms with E-state index >= 15 is 0 Å². The molecule has 0 N–H and O–H groups in total. The van der Waals surface area contributed by atoms with Crippen molar-refractivity contribution in [1.82, 2.24) is 4.90 Å².